The molecule has 2 aromatic carbocycles. The summed E-state index contributed by atoms with van der Waals surface area (Å²) in [6.07, 6.45) is 0. The van der Waals surface area contributed by atoms with Crippen LogP contribution in [0.2, 0.25) is 10.0 Å². The number of carbonyl (C=O) groups is 1. The second-order valence-corrected chi connectivity index (χ2v) is 5.08. The number of aryl methyl sites for hydroxylation is 1. The molecule has 0 radical (unpaired) electrons. The van der Waals surface area contributed by atoms with Gasteiger partial charge >= 0.3 is 0 Å². The highest BCUT2D eigenvalue weighted by molar-refractivity contribution is 6.35. The zero-order valence-electron chi connectivity index (χ0n) is 10.2. The van der Waals surface area contributed by atoms with Crippen molar-refractivity contribution in [1.29, 1.82) is 0 Å². The van der Waals surface area contributed by atoms with Gasteiger partial charge in [-0.1, -0.05) is 29.3 Å². The van der Waals surface area contributed by atoms with Crippen LogP contribution in [0.1, 0.15) is 15.9 Å². The van der Waals surface area contributed by atoms with Gasteiger partial charge in [0, 0.05) is 21.4 Å². The van der Waals surface area contributed by atoms with Gasteiger partial charge in [-0.05, 0) is 42.8 Å². The van der Waals surface area contributed by atoms with E-state index in [-0.39, 0.29) is 5.91 Å². The van der Waals surface area contributed by atoms with Gasteiger partial charge in [0.2, 0.25) is 0 Å². The Labute approximate surface area is 121 Å². The van der Waals surface area contributed by atoms with Crippen LogP contribution in [-0.2, 0) is 0 Å². The average molecular weight is 295 g/mol. The minimum atomic E-state index is -0.296. The van der Waals surface area contributed by atoms with Gasteiger partial charge in [-0.15, -0.1) is 0 Å². The van der Waals surface area contributed by atoms with Gasteiger partial charge in [0.1, 0.15) is 0 Å². The second kappa shape index (κ2) is 5.51. The van der Waals surface area contributed by atoms with Crippen LogP contribution in [0.15, 0.2) is 36.4 Å². The summed E-state index contributed by atoms with van der Waals surface area (Å²) in [5, 5.41) is 3.63. The molecule has 3 nitrogen and oxygen atoms in total. The topological polar surface area (TPSA) is 55.1 Å². The van der Waals surface area contributed by atoms with E-state index < -0.39 is 0 Å². The number of anilines is 2. The Kier molecular flexibility index (Phi) is 3.98. The van der Waals surface area contributed by atoms with Gasteiger partial charge < -0.3 is 11.1 Å². The summed E-state index contributed by atoms with van der Waals surface area (Å²) in [4.78, 5) is 12.1. The number of hydrogen-bond acceptors (Lipinski definition) is 2. The molecule has 0 aliphatic heterocycles. The van der Waals surface area contributed by atoms with Crippen LogP contribution in [0.25, 0.3) is 0 Å². The van der Waals surface area contributed by atoms with E-state index >= 15 is 0 Å². The van der Waals surface area contributed by atoms with Crippen molar-refractivity contribution >= 4 is 40.5 Å². The van der Waals surface area contributed by atoms with Crippen LogP contribution in [0.3, 0.4) is 0 Å². The van der Waals surface area contributed by atoms with Gasteiger partial charge in [-0.25, -0.2) is 0 Å². The first-order valence-electron chi connectivity index (χ1n) is 5.59. The third-order valence-corrected chi connectivity index (χ3v) is 3.01. The lowest BCUT2D eigenvalue weighted by atomic mass is 10.1. The number of rotatable bonds is 2. The zero-order valence-corrected chi connectivity index (χ0v) is 11.7. The quantitative estimate of drug-likeness (QED) is 0.818. The molecule has 0 atom stereocenters. The van der Waals surface area contributed by atoms with Crippen molar-refractivity contribution in [2.45, 2.75) is 6.92 Å². The molecule has 0 spiro atoms. The second-order valence-electron chi connectivity index (χ2n) is 4.20. The molecule has 98 valence electrons. The highest BCUT2D eigenvalue weighted by Crippen LogP contribution is 2.23. The molecule has 0 bridgehead atoms. The van der Waals surface area contributed by atoms with Crippen molar-refractivity contribution < 1.29 is 4.79 Å². The van der Waals surface area contributed by atoms with E-state index in [9.17, 15) is 4.79 Å². The van der Waals surface area contributed by atoms with E-state index in [2.05, 4.69) is 5.32 Å². The highest BCUT2D eigenvalue weighted by atomic mass is 35.5. The summed E-state index contributed by atoms with van der Waals surface area (Å²) >= 11 is 11.7. The summed E-state index contributed by atoms with van der Waals surface area (Å²) in [5.74, 6) is -0.296. The van der Waals surface area contributed by atoms with E-state index in [1.165, 1.54) is 0 Å². The van der Waals surface area contributed by atoms with E-state index in [1.807, 2.05) is 13.0 Å². The van der Waals surface area contributed by atoms with Crippen molar-refractivity contribution in [3.63, 3.8) is 0 Å². The van der Waals surface area contributed by atoms with Crippen molar-refractivity contribution in [3.8, 4) is 0 Å². The minimum Gasteiger partial charge on any atom is -0.398 e. The molecule has 5 heteroatoms. The predicted octanol–water partition coefficient (Wildman–Crippen LogP) is 4.14. The normalized spacial score (nSPS) is 10.3. The Hall–Kier alpha value is -1.71. The standard InChI is InChI=1S/C14H12Cl2N2O/c1-8-2-3-12(13(17)4-8)14(19)18-11-6-9(15)5-10(16)7-11/h2-7H,17H2,1H3,(H,18,19). The zero-order chi connectivity index (χ0) is 14.0. The molecule has 0 saturated carbocycles. The molecular formula is C14H12Cl2N2O. The molecule has 1 amide bonds. The first kappa shape index (κ1) is 13.7. The lowest BCUT2D eigenvalue weighted by molar-refractivity contribution is 0.102. The molecule has 0 unspecified atom stereocenters. The molecule has 0 aromatic heterocycles. The van der Waals surface area contributed by atoms with Crippen LogP contribution in [0, 0.1) is 6.92 Å². The van der Waals surface area contributed by atoms with Crippen LogP contribution < -0.4 is 11.1 Å². The molecule has 0 heterocycles. The summed E-state index contributed by atoms with van der Waals surface area (Å²) in [6, 6.07) is 10.1. The maximum atomic E-state index is 12.1. The number of nitrogen functional groups attached to an aromatic ring is 1. The first-order chi connectivity index (χ1) is 8.95. The van der Waals surface area contributed by atoms with Crippen LogP contribution in [-0.4, -0.2) is 5.91 Å². The van der Waals surface area contributed by atoms with E-state index in [0.29, 0.717) is 27.0 Å². The Bertz CT molecular complexity index is 621. The molecule has 2 rings (SSSR count). The number of hydrogen-bond donors (Lipinski definition) is 2. The van der Waals surface area contributed by atoms with E-state index in [4.69, 9.17) is 28.9 Å². The van der Waals surface area contributed by atoms with Crippen LogP contribution >= 0.6 is 23.2 Å². The minimum absolute atomic E-state index is 0.296. The molecule has 2 aromatic rings. The SMILES string of the molecule is Cc1ccc(C(=O)Nc2cc(Cl)cc(Cl)c2)c(N)c1. The molecule has 0 fully saturated rings. The summed E-state index contributed by atoms with van der Waals surface area (Å²) in [6.45, 7) is 1.91. The van der Waals surface area contributed by atoms with Gasteiger partial charge in [-0.3, -0.25) is 4.79 Å². The van der Waals surface area contributed by atoms with Crippen LogP contribution in [0.4, 0.5) is 11.4 Å². The van der Waals surface area contributed by atoms with Crippen molar-refractivity contribution in [2.24, 2.45) is 0 Å². The van der Waals surface area contributed by atoms with Gasteiger partial charge in [0.15, 0.2) is 0 Å². The van der Waals surface area contributed by atoms with Crippen molar-refractivity contribution in [3.05, 3.63) is 57.6 Å². The summed E-state index contributed by atoms with van der Waals surface area (Å²) < 4.78 is 0. The number of amides is 1. The Morgan fingerprint density at radius 2 is 1.74 bits per heavy atom. The van der Waals surface area contributed by atoms with E-state index in [0.717, 1.165) is 5.56 Å². The lowest BCUT2D eigenvalue weighted by Gasteiger charge is -2.09. The Balaban J connectivity index is 2.25. The fourth-order valence-corrected chi connectivity index (χ4v) is 2.24. The largest absolute Gasteiger partial charge is 0.398 e. The molecule has 0 saturated heterocycles. The average Bonchev–Trinajstić information content (AvgIpc) is 2.26. The van der Waals surface area contributed by atoms with Crippen molar-refractivity contribution in [2.75, 3.05) is 11.1 Å². The van der Waals surface area contributed by atoms with E-state index in [1.54, 1.807) is 30.3 Å². The lowest BCUT2D eigenvalue weighted by Crippen LogP contribution is -2.14. The van der Waals surface area contributed by atoms with Gasteiger partial charge in [0.05, 0.1) is 5.56 Å². The smallest absolute Gasteiger partial charge is 0.257 e. The Morgan fingerprint density at radius 3 is 2.32 bits per heavy atom. The third-order valence-electron chi connectivity index (χ3n) is 2.57. The van der Waals surface area contributed by atoms with Gasteiger partial charge in [0.25, 0.3) is 5.91 Å². The maximum absolute atomic E-state index is 12.1. The molecule has 0 aliphatic rings. The number of nitrogens with one attached hydrogen (secondary N) is 1. The monoisotopic (exact) mass is 294 g/mol. The summed E-state index contributed by atoms with van der Waals surface area (Å²) in [7, 11) is 0. The third kappa shape index (κ3) is 3.40. The van der Waals surface area contributed by atoms with Crippen LogP contribution in [0.5, 0.6) is 0 Å². The molecular weight excluding hydrogens is 283 g/mol. The number of nitrogens with two attached hydrogens (primary N) is 1. The highest BCUT2D eigenvalue weighted by Gasteiger charge is 2.10. The van der Waals surface area contributed by atoms with Crippen molar-refractivity contribution in [1.82, 2.24) is 0 Å². The molecule has 19 heavy (non-hydrogen) atoms. The maximum Gasteiger partial charge on any atom is 0.257 e. The fourth-order valence-electron chi connectivity index (χ4n) is 1.71. The Morgan fingerprint density at radius 1 is 1.11 bits per heavy atom. The predicted molar refractivity (Wildman–Crippen MR) is 80.0 cm³/mol. The molecule has 0 aliphatic carbocycles. The number of carbonyl (C=O) groups excluding carboxylic acids is 1. The number of benzene rings is 2. The first-order valence-corrected chi connectivity index (χ1v) is 6.35. The summed E-state index contributed by atoms with van der Waals surface area (Å²) in [5.41, 5.74) is 8.21. The molecule has 3 N–H and O–H groups in total. The fraction of sp³-hybridized carbons (Fsp3) is 0.0714. The number of halogens is 2. The van der Waals surface area contributed by atoms with Gasteiger partial charge in [-0.2, -0.15) is 0 Å².